The molecule has 1 aromatic carbocycles. The van der Waals surface area contributed by atoms with E-state index < -0.39 is 60.0 Å². The molecule has 4 atom stereocenters. The molecule has 0 bridgehead atoms. The van der Waals surface area contributed by atoms with Gasteiger partial charge in [0.2, 0.25) is 23.6 Å². The van der Waals surface area contributed by atoms with Crippen molar-refractivity contribution in [1.29, 1.82) is 0 Å². The van der Waals surface area contributed by atoms with E-state index in [1.807, 2.05) is 38.1 Å². The summed E-state index contributed by atoms with van der Waals surface area (Å²) in [6.07, 6.45) is 3.32. The number of aliphatic hydroxyl groups is 1. The highest BCUT2D eigenvalue weighted by Gasteiger charge is 2.37. The Bertz CT molecular complexity index is 1430. The minimum atomic E-state index is -1.16. The highest BCUT2D eigenvalue weighted by Crippen LogP contribution is 2.26. The zero-order valence-corrected chi connectivity index (χ0v) is 28.0. The highest BCUT2D eigenvalue weighted by atomic mass is 16.3. The molecule has 4 amide bonds. The normalized spacial score (nSPS) is 22.7. The molecule has 3 rings (SSSR count). The summed E-state index contributed by atoms with van der Waals surface area (Å²) in [5, 5.41) is 18.9. The standard InChI is InChI=1S/C34H50N6O6/c1-21(2)31-33(45)38-27(14-10-11-15-40(5,6)7)32(44)36-20-30(43)37-28(16-22(3)41)29(42)18-23(34(46)39(31)4)17-24-19-35-26-13-9-8-12-25(24)26/h8-9,12-13,19,21,23,27-28,31,35H,3,10-11,14-18,20H2,1-2,4-7H3,(H3-,36,37,38,41,43,44,45)/p+1/t23-,27?,28-,31-/m0/s1. The maximum absolute atomic E-state index is 14.2. The fourth-order valence-electron chi connectivity index (χ4n) is 6.03. The van der Waals surface area contributed by atoms with Crippen molar-refractivity contribution in [3.63, 3.8) is 0 Å². The molecule has 1 unspecified atom stereocenters. The fraction of sp³-hybridized carbons (Fsp3) is 0.559. The van der Waals surface area contributed by atoms with Crippen LogP contribution in [0.1, 0.15) is 51.5 Å². The van der Waals surface area contributed by atoms with Crippen molar-refractivity contribution in [2.75, 3.05) is 41.3 Å². The maximum Gasteiger partial charge on any atom is 0.243 e. The molecular formula is C34H51N6O6+. The summed E-state index contributed by atoms with van der Waals surface area (Å²) in [5.74, 6) is -4.06. The Morgan fingerprint density at radius 2 is 1.72 bits per heavy atom. The summed E-state index contributed by atoms with van der Waals surface area (Å²) < 4.78 is 0.756. The zero-order chi connectivity index (χ0) is 34.2. The molecule has 0 spiro atoms. The molecule has 2 heterocycles. The van der Waals surface area contributed by atoms with Crippen LogP contribution in [0.2, 0.25) is 0 Å². The number of carbonyl (C=O) groups is 5. The summed E-state index contributed by atoms with van der Waals surface area (Å²) >= 11 is 0. The van der Waals surface area contributed by atoms with Gasteiger partial charge >= 0.3 is 0 Å². The monoisotopic (exact) mass is 639 g/mol. The van der Waals surface area contributed by atoms with Gasteiger partial charge in [0.25, 0.3) is 0 Å². The first-order valence-electron chi connectivity index (χ1n) is 16.0. The van der Waals surface area contributed by atoms with E-state index in [2.05, 4.69) is 48.7 Å². The lowest BCUT2D eigenvalue weighted by molar-refractivity contribution is -0.870. The third-order valence-corrected chi connectivity index (χ3v) is 8.39. The largest absolute Gasteiger partial charge is 0.513 e. The van der Waals surface area contributed by atoms with Crippen LogP contribution >= 0.6 is 0 Å². The van der Waals surface area contributed by atoms with E-state index in [0.717, 1.165) is 33.9 Å². The zero-order valence-electron chi connectivity index (χ0n) is 28.0. The van der Waals surface area contributed by atoms with Crippen molar-refractivity contribution in [2.24, 2.45) is 11.8 Å². The molecule has 46 heavy (non-hydrogen) atoms. The molecule has 1 saturated heterocycles. The lowest BCUT2D eigenvalue weighted by Crippen LogP contribution is -2.57. The number of aliphatic hydroxyl groups excluding tert-OH is 1. The molecular weight excluding hydrogens is 588 g/mol. The molecule has 1 aliphatic rings. The smallest absolute Gasteiger partial charge is 0.243 e. The predicted molar refractivity (Wildman–Crippen MR) is 177 cm³/mol. The van der Waals surface area contributed by atoms with E-state index in [-0.39, 0.29) is 30.9 Å². The first-order chi connectivity index (χ1) is 21.6. The maximum atomic E-state index is 14.2. The van der Waals surface area contributed by atoms with Crippen LogP contribution in [0.15, 0.2) is 42.8 Å². The van der Waals surface area contributed by atoms with Gasteiger partial charge in [-0.2, -0.15) is 0 Å². The fourth-order valence-corrected chi connectivity index (χ4v) is 6.03. The molecule has 0 aliphatic carbocycles. The third-order valence-electron chi connectivity index (χ3n) is 8.39. The van der Waals surface area contributed by atoms with Crippen LogP contribution < -0.4 is 16.0 Å². The number of aromatic nitrogens is 1. The number of H-pyrrole nitrogens is 1. The number of ketones is 1. The van der Waals surface area contributed by atoms with Gasteiger partial charge in [0, 0.05) is 42.9 Å². The summed E-state index contributed by atoms with van der Waals surface area (Å²) in [5.41, 5.74) is 1.71. The van der Waals surface area contributed by atoms with Crippen molar-refractivity contribution in [3.05, 3.63) is 48.4 Å². The Kier molecular flexibility index (Phi) is 12.5. The van der Waals surface area contributed by atoms with E-state index >= 15 is 0 Å². The van der Waals surface area contributed by atoms with Crippen molar-refractivity contribution >= 4 is 40.3 Å². The van der Waals surface area contributed by atoms with E-state index in [1.54, 1.807) is 13.2 Å². The number of para-hydroxylation sites is 1. The molecule has 12 heteroatoms. The van der Waals surface area contributed by atoms with Gasteiger partial charge in [-0.15, -0.1) is 0 Å². The van der Waals surface area contributed by atoms with E-state index in [1.165, 1.54) is 4.90 Å². The van der Waals surface area contributed by atoms with Crippen LogP contribution in [0.3, 0.4) is 0 Å². The van der Waals surface area contributed by atoms with Crippen LogP contribution in [0.5, 0.6) is 0 Å². The summed E-state index contributed by atoms with van der Waals surface area (Å²) in [6.45, 7) is 7.57. The SMILES string of the molecule is C=C(O)C[C@@H]1NC(=O)CNC(=O)C(CCCC[N+](C)(C)C)NC(=O)[C@H](C(C)C)N(C)C(=O)[C@@H](Cc2c[nH]c3ccccc23)CC1=O. The Morgan fingerprint density at radius 3 is 2.37 bits per heavy atom. The molecule has 1 aromatic heterocycles. The minimum Gasteiger partial charge on any atom is -0.513 e. The number of nitrogens with zero attached hydrogens (tertiary/aromatic N) is 2. The van der Waals surface area contributed by atoms with E-state index in [9.17, 15) is 29.1 Å². The average molecular weight is 640 g/mol. The summed E-state index contributed by atoms with van der Waals surface area (Å²) in [6, 6.07) is 4.61. The number of aromatic amines is 1. The van der Waals surface area contributed by atoms with Gasteiger partial charge in [0.05, 0.1) is 46.0 Å². The van der Waals surface area contributed by atoms with Crippen molar-refractivity contribution in [2.45, 2.75) is 70.5 Å². The number of carbonyl (C=O) groups excluding carboxylic acids is 5. The van der Waals surface area contributed by atoms with Gasteiger partial charge in [-0.3, -0.25) is 24.0 Å². The van der Waals surface area contributed by atoms with Crippen LogP contribution in [0.4, 0.5) is 0 Å². The number of likely N-dealkylation sites (N-methyl/N-ethyl adjacent to an activating group) is 1. The number of benzene rings is 1. The summed E-state index contributed by atoms with van der Waals surface area (Å²) in [7, 11) is 7.77. The molecule has 1 fully saturated rings. The van der Waals surface area contributed by atoms with Gasteiger partial charge in [-0.05, 0) is 43.2 Å². The second-order valence-electron chi connectivity index (χ2n) is 13.7. The van der Waals surface area contributed by atoms with Gasteiger partial charge in [0.15, 0.2) is 5.78 Å². The van der Waals surface area contributed by atoms with Crippen LogP contribution in [0.25, 0.3) is 10.9 Å². The Balaban J connectivity index is 2.00. The number of hydrogen-bond donors (Lipinski definition) is 5. The molecule has 12 nitrogen and oxygen atoms in total. The van der Waals surface area contributed by atoms with Gasteiger partial charge < -0.3 is 35.4 Å². The number of unbranched alkanes of at least 4 members (excludes halogenated alkanes) is 1. The number of rotatable bonds is 10. The molecule has 2 aromatic rings. The van der Waals surface area contributed by atoms with Crippen LogP contribution in [0, 0.1) is 11.8 Å². The number of quaternary nitrogens is 1. The number of fused-ring (bicyclic) bond motifs is 1. The lowest BCUT2D eigenvalue weighted by atomic mass is 9.88. The van der Waals surface area contributed by atoms with Gasteiger partial charge in [-0.1, -0.05) is 38.6 Å². The molecule has 1 aliphatic heterocycles. The number of Topliss-reactive ketones (excluding diaryl/α,β-unsaturated/α-hetero) is 1. The van der Waals surface area contributed by atoms with Crippen molar-refractivity contribution < 1.29 is 33.6 Å². The highest BCUT2D eigenvalue weighted by molar-refractivity contribution is 5.97. The first-order valence-corrected chi connectivity index (χ1v) is 16.0. The van der Waals surface area contributed by atoms with Crippen molar-refractivity contribution in [1.82, 2.24) is 25.8 Å². The van der Waals surface area contributed by atoms with E-state index in [4.69, 9.17) is 0 Å². The number of nitrogens with one attached hydrogen (secondary N) is 4. The molecule has 0 saturated carbocycles. The number of hydrogen-bond acceptors (Lipinski definition) is 6. The minimum absolute atomic E-state index is 0.195. The second kappa shape index (κ2) is 15.9. The van der Waals surface area contributed by atoms with Crippen LogP contribution in [-0.2, 0) is 30.4 Å². The Hall–Kier alpha value is -4.19. The quantitative estimate of drug-likeness (QED) is 0.152. The average Bonchev–Trinajstić information content (AvgIpc) is 3.37. The first kappa shape index (κ1) is 36.3. The predicted octanol–water partition coefficient (Wildman–Crippen LogP) is 2.21. The topological polar surface area (TPSA) is 161 Å². The molecule has 0 radical (unpaired) electrons. The Morgan fingerprint density at radius 1 is 1.02 bits per heavy atom. The second-order valence-corrected chi connectivity index (χ2v) is 13.7. The van der Waals surface area contributed by atoms with Gasteiger partial charge in [0.1, 0.15) is 12.1 Å². The Labute approximate surface area is 271 Å². The number of amides is 4. The summed E-state index contributed by atoms with van der Waals surface area (Å²) in [4.78, 5) is 72.6. The molecule has 252 valence electrons. The van der Waals surface area contributed by atoms with Gasteiger partial charge in [-0.25, -0.2) is 0 Å². The molecule has 5 N–H and O–H groups in total. The third kappa shape index (κ3) is 10.2. The van der Waals surface area contributed by atoms with Crippen molar-refractivity contribution in [3.8, 4) is 0 Å². The van der Waals surface area contributed by atoms with E-state index in [0.29, 0.717) is 12.8 Å². The lowest BCUT2D eigenvalue weighted by Gasteiger charge is -2.34. The van der Waals surface area contributed by atoms with Crippen LogP contribution in [-0.4, -0.2) is 108 Å².